The normalized spacial score (nSPS) is 13.1. The molecule has 32 heavy (non-hydrogen) atoms. The molecule has 2 amide bonds. The van der Waals surface area contributed by atoms with Crippen molar-refractivity contribution in [2.75, 3.05) is 4.90 Å². The summed E-state index contributed by atoms with van der Waals surface area (Å²) in [5.41, 5.74) is 1.48. The van der Waals surface area contributed by atoms with Crippen LogP contribution in [0.2, 0.25) is 0 Å². The highest BCUT2D eigenvalue weighted by atomic mass is 19.1. The number of nitrogens with zero attached hydrogens (tertiary/aromatic N) is 5. The van der Waals surface area contributed by atoms with E-state index in [4.69, 9.17) is 0 Å². The van der Waals surface area contributed by atoms with Gasteiger partial charge >= 0.3 is 6.03 Å². The smallest absolute Gasteiger partial charge is 0.328 e. The molecule has 1 aliphatic rings. The van der Waals surface area contributed by atoms with E-state index in [1.54, 1.807) is 19.2 Å². The zero-order chi connectivity index (χ0) is 22.4. The van der Waals surface area contributed by atoms with Gasteiger partial charge in [0.15, 0.2) is 5.82 Å². The first kappa shape index (κ1) is 19.7. The van der Waals surface area contributed by atoms with E-state index in [-0.39, 0.29) is 18.3 Å². The monoisotopic (exact) mass is 436 g/mol. The highest BCUT2D eigenvalue weighted by Gasteiger charge is 2.34. The second-order valence-electron chi connectivity index (χ2n) is 7.17. The maximum atomic E-state index is 14.6. The van der Waals surface area contributed by atoms with Gasteiger partial charge in [0.1, 0.15) is 29.5 Å². The maximum absolute atomic E-state index is 14.6. The molecule has 0 saturated heterocycles. The van der Waals surface area contributed by atoms with Crippen LogP contribution in [0.15, 0.2) is 55.1 Å². The molecular formula is C22H15F3N6O. The van der Waals surface area contributed by atoms with Crippen LogP contribution in [0.3, 0.4) is 0 Å². The zero-order valence-corrected chi connectivity index (χ0v) is 16.7. The average molecular weight is 436 g/mol. The van der Waals surface area contributed by atoms with E-state index in [0.717, 1.165) is 17.0 Å². The van der Waals surface area contributed by atoms with Gasteiger partial charge < -0.3 is 5.32 Å². The highest BCUT2D eigenvalue weighted by molar-refractivity contribution is 6.02. The molecule has 2 aromatic carbocycles. The molecule has 7 nitrogen and oxygen atoms in total. The first-order valence-electron chi connectivity index (χ1n) is 9.62. The minimum atomic E-state index is -0.921. The topological polar surface area (TPSA) is 75.9 Å². The second-order valence-corrected chi connectivity index (χ2v) is 7.17. The number of halogens is 3. The van der Waals surface area contributed by atoms with Crippen LogP contribution in [0, 0.1) is 24.4 Å². The first-order valence-corrected chi connectivity index (χ1v) is 9.62. The maximum Gasteiger partial charge on any atom is 0.328 e. The molecule has 0 radical (unpaired) electrons. The minimum Gasteiger partial charge on any atom is -0.333 e. The number of carbonyl (C=O) groups excluding carboxylic acids is 1. The predicted molar refractivity (Wildman–Crippen MR) is 110 cm³/mol. The van der Waals surface area contributed by atoms with Gasteiger partial charge in [0.05, 0.1) is 12.2 Å². The van der Waals surface area contributed by atoms with E-state index in [1.807, 2.05) is 0 Å². The van der Waals surface area contributed by atoms with Crippen LogP contribution in [0.25, 0.3) is 17.2 Å². The van der Waals surface area contributed by atoms with Gasteiger partial charge in [-0.2, -0.15) is 4.98 Å². The van der Waals surface area contributed by atoms with Gasteiger partial charge in [0.25, 0.3) is 0 Å². The average Bonchev–Trinajstić information content (AvgIpc) is 3.29. The molecule has 1 N–H and O–H groups in total. The number of fused-ring (bicyclic) bond motifs is 1. The number of aromatic nitrogens is 4. The van der Waals surface area contributed by atoms with Gasteiger partial charge in [0.2, 0.25) is 5.95 Å². The summed E-state index contributed by atoms with van der Waals surface area (Å²) in [6.07, 6.45) is 4.58. The summed E-state index contributed by atoms with van der Waals surface area (Å²) in [7, 11) is 0. The fraction of sp³-hybridized carbons (Fsp3) is 0.0909. The summed E-state index contributed by atoms with van der Waals surface area (Å²) in [5.74, 6) is -2.09. The summed E-state index contributed by atoms with van der Waals surface area (Å²) < 4.78 is 44.5. The minimum absolute atomic E-state index is 0.0233. The van der Waals surface area contributed by atoms with Crippen molar-refractivity contribution in [1.82, 2.24) is 24.8 Å². The number of carbonyl (C=O) groups is 1. The lowest BCUT2D eigenvalue weighted by Gasteiger charge is -2.31. The number of hydrogen-bond acceptors (Lipinski definition) is 4. The molecule has 0 atom stereocenters. The number of imidazole rings is 1. The van der Waals surface area contributed by atoms with Crippen molar-refractivity contribution in [3.05, 3.63) is 83.7 Å². The second kappa shape index (κ2) is 7.49. The first-order chi connectivity index (χ1) is 15.4. The largest absolute Gasteiger partial charge is 0.333 e. The highest BCUT2D eigenvalue weighted by Crippen LogP contribution is 2.38. The Morgan fingerprint density at radius 3 is 2.53 bits per heavy atom. The Balaban J connectivity index is 1.82. The number of anilines is 2. The van der Waals surface area contributed by atoms with E-state index < -0.39 is 29.2 Å². The number of rotatable bonds is 3. The molecule has 4 aromatic rings. The molecule has 0 saturated carbocycles. The predicted octanol–water partition coefficient (Wildman–Crippen LogP) is 4.42. The third-order valence-electron chi connectivity index (χ3n) is 5.14. The molecule has 0 fully saturated rings. The van der Waals surface area contributed by atoms with Crippen LogP contribution in [-0.2, 0) is 6.54 Å². The van der Waals surface area contributed by atoms with E-state index in [1.165, 1.54) is 35.3 Å². The van der Waals surface area contributed by atoms with Crippen LogP contribution >= 0.6 is 0 Å². The van der Waals surface area contributed by atoms with Gasteiger partial charge in [-0.1, -0.05) is 6.07 Å². The lowest BCUT2D eigenvalue weighted by molar-refractivity contribution is 0.246. The zero-order valence-electron chi connectivity index (χ0n) is 16.7. The van der Waals surface area contributed by atoms with Crippen molar-refractivity contribution < 1.29 is 18.0 Å². The number of urea groups is 1. The molecule has 0 bridgehead atoms. The molecule has 160 valence electrons. The molecule has 5 rings (SSSR count). The van der Waals surface area contributed by atoms with Crippen LogP contribution in [0.5, 0.6) is 0 Å². The van der Waals surface area contributed by atoms with Crippen molar-refractivity contribution >= 4 is 17.5 Å². The van der Waals surface area contributed by atoms with E-state index in [9.17, 15) is 18.0 Å². The van der Waals surface area contributed by atoms with Gasteiger partial charge in [-0.15, -0.1) is 0 Å². The van der Waals surface area contributed by atoms with Crippen LogP contribution in [-0.4, -0.2) is 25.6 Å². The van der Waals surface area contributed by atoms with Gasteiger partial charge in [-0.25, -0.2) is 32.8 Å². The van der Waals surface area contributed by atoms with Crippen LogP contribution in [0.1, 0.15) is 11.1 Å². The number of nitrogens with one attached hydrogen (secondary N) is 1. The third-order valence-corrected chi connectivity index (χ3v) is 5.14. The molecule has 0 spiro atoms. The number of para-hydroxylation sites is 1. The standard InChI is InChI=1S/C22H15F3N6O/c1-12-9-13(23)5-6-14(12)18-15-10-27-22(32)31(19-16(24)3-2-4-17(19)25)20(15)29-21(28-18)30-8-7-26-11-30/h2-9,11H,10H2,1H3,(H,27,32). The van der Waals surface area contributed by atoms with E-state index >= 15 is 0 Å². The van der Waals surface area contributed by atoms with E-state index in [0.29, 0.717) is 22.4 Å². The van der Waals surface area contributed by atoms with Crippen LogP contribution < -0.4 is 10.2 Å². The van der Waals surface area contributed by atoms with Crippen LogP contribution in [0.4, 0.5) is 29.5 Å². The Morgan fingerprint density at radius 1 is 1.06 bits per heavy atom. The van der Waals surface area contributed by atoms with Crippen molar-refractivity contribution in [3.8, 4) is 17.2 Å². The van der Waals surface area contributed by atoms with E-state index in [2.05, 4.69) is 20.3 Å². The Kier molecular flexibility index (Phi) is 4.62. The molecular weight excluding hydrogens is 421 g/mol. The molecule has 1 aliphatic heterocycles. The molecule has 0 unspecified atom stereocenters. The Labute approximate surface area is 180 Å². The SMILES string of the molecule is Cc1cc(F)ccc1-c1nc(-n2ccnc2)nc2c1CNC(=O)N2c1c(F)cccc1F. The summed E-state index contributed by atoms with van der Waals surface area (Å²) in [6, 6.07) is 6.81. The number of amides is 2. The number of hydrogen-bond donors (Lipinski definition) is 1. The van der Waals surface area contributed by atoms with Crippen molar-refractivity contribution in [2.24, 2.45) is 0 Å². The lowest BCUT2D eigenvalue weighted by Crippen LogP contribution is -2.43. The fourth-order valence-electron chi connectivity index (χ4n) is 3.67. The summed E-state index contributed by atoms with van der Waals surface area (Å²) in [5, 5.41) is 2.62. The molecule has 2 aromatic heterocycles. The summed E-state index contributed by atoms with van der Waals surface area (Å²) in [6.45, 7) is 1.75. The van der Waals surface area contributed by atoms with Gasteiger partial charge in [-0.3, -0.25) is 4.57 Å². The molecule has 3 heterocycles. The van der Waals surface area contributed by atoms with Gasteiger partial charge in [0, 0.05) is 23.5 Å². The summed E-state index contributed by atoms with van der Waals surface area (Å²) in [4.78, 5) is 26.7. The Hall–Kier alpha value is -4.21. The number of aryl methyl sites for hydroxylation is 1. The molecule has 10 heteroatoms. The lowest BCUT2D eigenvalue weighted by atomic mass is 10.00. The Bertz CT molecular complexity index is 1340. The quantitative estimate of drug-likeness (QED) is 0.516. The third kappa shape index (κ3) is 3.16. The van der Waals surface area contributed by atoms with Gasteiger partial charge in [-0.05, 0) is 42.8 Å². The summed E-state index contributed by atoms with van der Waals surface area (Å²) >= 11 is 0. The van der Waals surface area contributed by atoms with Crippen molar-refractivity contribution in [2.45, 2.75) is 13.5 Å². The molecule has 0 aliphatic carbocycles. The number of benzene rings is 2. The van der Waals surface area contributed by atoms with Crippen molar-refractivity contribution in [1.29, 1.82) is 0 Å². The fourth-order valence-corrected chi connectivity index (χ4v) is 3.67. The Morgan fingerprint density at radius 2 is 1.84 bits per heavy atom. The van der Waals surface area contributed by atoms with Crippen molar-refractivity contribution in [3.63, 3.8) is 0 Å².